The highest BCUT2D eigenvalue weighted by Gasteiger charge is 2.30. The second-order valence-electron chi connectivity index (χ2n) is 7.14. The van der Waals surface area contributed by atoms with Crippen molar-refractivity contribution in [2.45, 2.75) is 32.2 Å². The maximum absolute atomic E-state index is 13.3. The highest BCUT2D eigenvalue weighted by atomic mass is 32.1. The van der Waals surface area contributed by atoms with Crippen LogP contribution in [0.3, 0.4) is 0 Å². The van der Waals surface area contributed by atoms with Crippen LogP contribution in [0.5, 0.6) is 5.75 Å². The van der Waals surface area contributed by atoms with Crippen LogP contribution in [0.2, 0.25) is 0 Å². The quantitative estimate of drug-likeness (QED) is 0.659. The van der Waals surface area contributed by atoms with E-state index in [1.807, 2.05) is 47.9 Å². The van der Waals surface area contributed by atoms with Crippen LogP contribution in [-0.4, -0.2) is 45.5 Å². The van der Waals surface area contributed by atoms with E-state index >= 15 is 0 Å². The molecule has 0 saturated carbocycles. The molecule has 3 aromatic rings. The van der Waals surface area contributed by atoms with Crippen molar-refractivity contribution in [2.24, 2.45) is 0 Å². The number of likely N-dealkylation sites (tertiary alicyclic amines) is 1. The normalized spacial score (nSPS) is 16.9. The first-order valence-corrected chi connectivity index (χ1v) is 10.4. The number of piperidine rings is 1. The van der Waals surface area contributed by atoms with Crippen LogP contribution in [0, 0.1) is 6.92 Å². The molecule has 7 heteroatoms. The Bertz CT molecular complexity index is 951. The highest BCUT2D eigenvalue weighted by molar-refractivity contribution is 7.07. The lowest BCUT2D eigenvalue weighted by molar-refractivity contribution is 0.0699. The van der Waals surface area contributed by atoms with Crippen molar-refractivity contribution in [3.8, 4) is 5.75 Å². The van der Waals surface area contributed by atoms with E-state index in [2.05, 4.69) is 19.9 Å². The van der Waals surface area contributed by atoms with Gasteiger partial charge < -0.3 is 14.2 Å². The number of methoxy groups -OCH3 is 1. The summed E-state index contributed by atoms with van der Waals surface area (Å²) in [5.74, 6) is 1.93. The number of amides is 1. The number of aromatic nitrogens is 3. The topological polar surface area (TPSA) is 60.2 Å². The zero-order chi connectivity index (χ0) is 19.5. The van der Waals surface area contributed by atoms with E-state index in [9.17, 15) is 4.79 Å². The molecule has 1 atom stereocenters. The summed E-state index contributed by atoms with van der Waals surface area (Å²) >= 11 is 1.60. The summed E-state index contributed by atoms with van der Waals surface area (Å²) in [5, 5.41) is 2.06. The zero-order valence-electron chi connectivity index (χ0n) is 16.2. The lowest BCUT2D eigenvalue weighted by Gasteiger charge is -2.33. The number of carbonyl (C=O) groups is 1. The largest absolute Gasteiger partial charge is 0.496 e. The fourth-order valence-corrected chi connectivity index (χ4v) is 4.47. The van der Waals surface area contributed by atoms with Gasteiger partial charge in [0.25, 0.3) is 5.91 Å². The molecule has 0 aliphatic carbocycles. The Morgan fingerprint density at radius 3 is 3.04 bits per heavy atom. The predicted molar refractivity (Wildman–Crippen MR) is 109 cm³/mol. The van der Waals surface area contributed by atoms with E-state index in [1.54, 1.807) is 18.4 Å². The van der Waals surface area contributed by atoms with Gasteiger partial charge in [0.15, 0.2) is 0 Å². The number of benzene rings is 1. The van der Waals surface area contributed by atoms with Gasteiger partial charge in [0.1, 0.15) is 11.6 Å². The van der Waals surface area contributed by atoms with Gasteiger partial charge in [0.05, 0.1) is 30.4 Å². The first-order valence-electron chi connectivity index (χ1n) is 9.48. The fourth-order valence-electron chi connectivity index (χ4n) is 3.92. The zero-order valence-corrected chi connectivity index (χ0v) is 17.0. The molecule has 28 heavy (non-hydrogen) atoms. The molecule has 146 valence electrons. The Balaban J connectivity index is 1.55. The smallest absolute Gasteiger partial charge is 0.257 e. The summed E-state index contributed by atoms with van der Waals surface area (Å²) in [7, 11) is 1.61. The van der Waals surface area contributed by atoms with E-state index in [-0.39, 0.29) is 11.8 Å². The van der Waals surface area contributed by atoms with Gasteiger partial charge in [0, 0.05) is 36.8 Å². The molecule has 1 saturated heterocycles. The monoisotopic (exact) mass is 396 g/mol. The summed E-state index contributed by atoms with van der Waals surface area (Å²) in [6.45, 7) is 4.11. The average Bonchev–Trinajstić information content (AvgIpc) is 3.40. The molecular weight excluding hydrogens is 372 g/mol. The Hall–Kier alpha value is -2.67. The number of hydrogen-bond acceptors (Lipinski definition) is 5. The van der Waals surface area contributed by atoms with Gasteiger partial charge in [-0.25, -0.2) is 9.97 Å². The summed E-state index contributed by atoms with van der Waals surface area (Å²) < 4.78 is 7.60. The molecule has 1 aliphatic rings. The summed E-state index contributed by atoms with van der Waals surface area (Å²) in [5.41, 5.74) is 4.49. The third-order valence-electron chi connectivity index (χ3n) is 5.31. The molecule has 1 aliphatic heterocycles. The van der Waals surface area contributed by atoms with Gasteiger partial charge in [-0.3, -0.25) is 4.79 Å². The van der Waals surface area contributed by atoms with Crippen molar-refractivity contribution < 1.29 is 9.53 Å². The van der Waals surface area contributed by atoms with Crippen molar-refractivity contribution in [1.82, 2.24) is 19.4 Å². The van der Waals surface area contributed by atoms with Crippen molar-refractivity contribution >= 4 is 17.2 Å². The molecule has 0 unspecified atom stereocenters. The molecule has 0 N–H and O–H groups in total. The Morgan fingerprint density at radius 1 is 1.36 bits per heavy atom. The number of rotatable bonds is 5. The molecule has 0 radical (unpaired) electrons. The minimum atomic E-state index is 0.0391. The molecule has 1 amide bonds. The number of carbonyl (C=O) groups excluding carboxylic acids is 1. The number of hydrogen-bond donors (Lipinski definition) is 0. The van der Waals surface area contributed by atoms with Crippen LogP contribution in [0.25, 0.3) is 0 Å². The third kappa shape index (κ3) is 3.67. The number of ether oxygens (including phenoxy) is 1. The summed E-state index contributed by atoms with van der Waals surface area (Å²) in [6, 6.07) is 5.72. The van der Waals surface area contributed by atoms with Gasteiger partial charge in [-0.2, -0.15) is 0 Å². The lowest BCUT2D eigenvalue weighted by atomic mass is 9.95. The molecule has 1 fully saturated rings. The molecule has 3 heterocycles. The van der Waals surface area contributed by atoms with E-state index in [0.29, 0.717) is 17.9 Å². The van der Waals surface area contributed by atoms with Crippen molar-refractivity contribution in [3.05, 3.63) is 64.1 Å². The van der Waals surface area contributed by atoms with Crippen LogP contribution in [-0.2, 0) is 6.54 Å². The van der Waals surface area contributed by atoms with Crippen LogP contribution >= 0.6 is 11.3 Å². The number of imidazole rings is 1. The molecule has 2 aromatic heterocycles. The second kappa shape index (κ2) is 8.14. The Kier molecular flexibility index (Phi) is 5.43. The molecular formula is C21H24N4O2S. The maximum atomic E-state index is 13.3. The molecule has 4 rings (SSSR count). The van der Waals surface area contributed by atoms with Crippen LogP contribution in [0.1, 0.15) is 46.2 Å². The minimum absolute atomic E-state index is 0.0391. The summed E-state index contributed by atoms with van der Waals surface area (Å²) in [4.78, 5) is 24.2. The van der Waals surface area contributed by atoms with Gasteiger partial charge in [-0.05, 0) is 31.4 Å². The lowest BCUT2D eigenvalue weighted by Crippen LogP contribution is -2.40. The van der Waals surface area contributed by atoms with Crippen molar-refractivity contribution in [3.63, 3.8) is 0 Å². The minimum Gasteiger partial charge on any atom is -0.496 e. The first kappa shape index (κ1) is 18.7. The Morgan fingerprint density at radius 2 is 2.25 bits per heavy atom. The third-order valence-corrected chi connectivity index (χ3v) is 5.94. The fraction of sp³-hybridized carbons (Fsp3) is 0.381. The standard InChI is InChI=1S/C21H24N4O2S/c1-15-5-3-7-18(27-2)19(15)21(26)25-9-4-6-16(11-25)20-22-8-10-24(20)12-17-13-28-14-23-17/h3,5,7-8,10,13-14,16H,4,6,9,11-12H2,1-2H3/t16-/m1/s1. The molecule has 6 nitrogen and oxygen atoms in total. The number of thiazole rings is 1. The van der Waals surface area contributed by atoms with Crippen LogP contribution in [0.4, 0.5) is 0 Å². The van der Waals surface area contributed by atoms with Crippen molar-refractivity contribution in [2.75, 3.05) is 20.2 Å². The molecule has 1 aromatic carbocycles. The number of aryl methyl sites for hydroxylation is 1. The van der Waals surface area contributed by atoms with Crippen LogP contribution in [0.15, 0.2) is 41.5 Å². The SMILES string of the molecule is COc1cccc(C)c1C(=O)N1CCC[C@@H](c2nccn2Cc2cscn2)C1. The van der Waals surface area contributed by atoms with Gasteiger partial charge >= 0.3 is 0 Å². The number of nitrogens with zero attached hydrogens (tertiary/aromatic N) is 4. The van der Waals surface area contributed by atoms with Crippen LogP contribution < -0.4 is 4.74 Å². The second-order valence-corrected chi connectivity index (χ2v) is 7.85. The van der Waals surface area contributed by atoms with E-state index in [1.165, 1.54) is 0 Å². The van der Waals surface area contributed by atoms with E-state index in [0.717, 1.165) is 43.0 Å². The van der Waals surface area contributed by atoms with Gasteiger partial charge in [-0.15, -0.1) is 11.3 Å². The van der Waals surface area contributed by atoms with E-state index < -0.39 is 0 Å². The Labute approximate surface area is 168 Å². The first-order chi connectivity index (χ1) is 13.7. The van der Waals surface area contributed by atoms with E-state index in [4.69, 9.17) is 4.74 Å². The highest BCUT2D eigenvalue weighted by Crippen LogP contribution is 2.30. The molecule has 0 spiro atoms. The van der Waals surface area contributed by atoms with Crippen molar-refractivity contribution in [1.29, 1.82) is 0 Å². The molecule has 0 bridgehead atoms. The average molecular weight is 397 g/mol. The maximum Gasteiger partial charge on any atom is 0.257 e. The van der Waals surface area contributed by atoms with Gasteiger partial charge in [-0.1, -0.05) is 12.1 Å². The predicted octanol–water partition coefficient (Wildman–Crippen LogP) is 3.72. The summed E-state index contributed by atoms with van der Waals surface area (Å²) in [6.07, 6.45) is 5.84. The van der Waals surface area contributed by atoms with Gasteiger partial charge in [0.2, 0.25) is 0 Å².